The van der Waals surface area contributed by atoms with Gasteiger partial charge in [-0.2, -0.15) is 0 Å². The molecule has 1 aromatic heterocycles. The topological polar surface area (TPSA) is 57.7 Å². The number of nitrogens with zero attached hydrogens (tertiary/aromatic N) is 3. The van der Waals surface area contributed by atoms with Crippen molar-refractivity contribution in [3.05, 3.63) is 48.2 Å². The maximum Gasteiger partial charge on any atom is 0.228 e. The van der Waals surface area contributed by atoms with Crippen molar-refractivity contribution in [3.8, 4) is 5.88 Å². The molecular formula is C24H30N4O2. The number of piperidine rings is 2. The van der Waals surface area contributed by atoms with Crippen LogP contribution in [0.3, 0.4) is 0 Å². The number of hydrogen-bond acceptors (Lipinski definition) is 5. The number of anilines is 2. The van der Waals surface area contributed by atoms with E-state index in [0.29, 0.717) is 17.7 Å². The van der Waals surface area contributed by atoms with Crippen molar-refractivity contribution in [2.24, 2.45) is 5.41 Å². The molecule has 1 N–H and O–H groups in total. The molecule has 1 spiro atoms. The summed E-state index contributed by atoms with van der Waals surface area (Å²) in [5.74, 6) is 1.41. The average molecular weight is 407 g/mol. The molecule has 6 nitrogen and oxygen atoms in total. The molecule has 0 saturated carbocycles. The van der Waals surface area contributed by atoms with E-state index in [2.05, 4.69) is 44.4 Å². The summed E-state index contributed by atoms with van der Waals surface area (Å²) in [5, 5.41) is 3.50. The zero-order chi connectivity index (χ0) is 20.6. The number of ether oxygens (including phenoxy) is 1. The van der Waals surface area contributed by atoms with Crippen LogP contribution in [0.4, 0.5) is 11.4 Å². The Kier molecular flexibility index (Phi) is 5.01. The fraction of sp³-hybridized carbons (Fsp3) is 0.500. The number of carbonyl (C=O) groups is 1. The number of rotatable bonds is 4. The third-order valence-electron chi connectivity index (χ3n) is 7.22. The van der Waals surface area contributed by atoms with E-state index in [9.17, 15) is 4.79 Å². The van der Waals surface area contributed by atoms with Crippen molar-refractivity contribution in [1.29, 1.82) is 0 Å². The average Bonchev–Trinajstić information content (AvgIpc) is 3.20. The van der Waals surface area contributed by atoms with E-state index in [0.717, 1.165) is 64.1 Å². The van der Waals surface area contributed by atoms with Gasteiger partial charge in [-0.1, -0.05) is 18.2 Å². The summed E-state index contributed by atoms with van der Waals surface area (Å²) in [5.41, 5.74) is 3.52. The van der Waals surface area contributed by atoms with Gasteiger partial charge in [0.2, 0.25) is 11.8 Å². The standard InChI is InChI=1S/C24H30N4O2/c1-30-22-15-19(7-11-25-22)27-13-9-24(10-14-27)8-4-12-28(23(24)29)17-18-16-26-21-6-3-2-5-20(18)21/h2-3,5-7,11,15,18,26H,4,8-10,12-14,16-17H2,1H3. The Morgan fingerprint density at radius 3 is 2.83 bits per heavy atom. The van der Waals surface area contributed by atoms with E-state index < -0.39 is 0 Å². The summed E-state index contributed by atoms with van der Waals surface area (Å²) in [6.07, 6.45) is 5.77. The maximum absolute atomic E-state index is 13.6. The Balaban J connectivity index is 1.26. The zero-order valence-electron chi connectivity index (χ0n) is 17.6. The molecule has 2 fully saturated rings. The number of para-hydroxylation sites is 1. The number of aromatic nitrogens is 1. The van der Waals surface area contributed by atoms with Crippen LogP contribution in [0.1, 0.15) is 37.2 Å². The van der Waals surface area contributed by atoms with Crippen LogP contribution in [-0.4, -0.2) is 55.6 Å². The molecule has 3 aliphatic rings. The van der Waals surface area contributed by atoms with Crippen LogP contribution in [-0.2, 0) is 4.79 Å². The lowest BCUT2D eigenvalue weighted by Crippen LogP contribution is -2.54. The molecule has 4 heterocycles. The van der Waals surface area contributed by atoms with Crippen molar-refractivity contribution in [2.45, 2.75) is 31.6 Å². The summed E-state index contributed by atoms with van der Waals surface area (Å²) < 4.78 is 5.27. The number of fused-ring (bicyclic) bond motifs is 1. The number of likely N-dealkylation sites (tertiary alicyclic amines) is 1. The lowest BCUT2D eigenvalue weighted by Gasteiger charge is -2.47. The second-order valence-electron chi connectivity index (χ2n) is 8.84. The number of carbonyl (C=O) groups excluding carboxylic acids is 1. The molecule has 0 bridgehead atoms. The van der Waals surface area contributed by atoms with Gasteiger partial charge in [0.25, 0.3) is 0 Å². The predicted molar refractivity (Wildman–Crippen MR) is 118 cm³/mol. The molecule has 6 heteroatoms. The lowest BCUT2D eigenvalue weighted by molar-refractivity contribution is -0.148. The largest absolute Gasteiger partial charge is 0.481 e. The lowest BCUT2D eigenvalue weighted by atomic mass is 9.71. The molecule has 1 atom stereocenters. The van der Waals surface area contributed by atoms with Gasteiger partial charge in [-0.15, -0.1) is 0 Å². The molecule has 0 aliphatic carbocycles. The van der Waals surface area contributed by atoms with Gasteiger partial charge in [-0.3, -0.25) is 4.79 Å². The van der Waals surface area contributed by atoms with Crippen LogP contribution in [0, 0.1) is 5.41 Å². The second-order valence-corrected chi connectivity index (χ2v) is 8.84. The van der Waals surface area contributed by atoms with E-state index in [1.54, 1.807) is 13.3 Å². The van der Waals surface area contributed by atoms with E-state index in [-0.39, 0.29) is 5.41 Å². The third kappa shape index (κ3) is 3.38. The van der Waals surface area contributed by atoms with E-state index >= 15 is 0 Å². The van der Waals surface area contributed by atoms with Crippen LogP contribution in [0.2, 0.25) is 0 Å². The highest BCUT2D eigenvalue weighted by Crippen LogP contribution is 2.43. The van der Waals surface area contributed by atoms with Crippen molar-refractivity contribution in [3.63, 3.8) is 0 Å². The van der Waals surface area contributed by atoms with Gasteiger partial charge in [0, 0.05) is 62.3 Å². The second kappa shape index (κ2) is 7.82. The Labute approximate surface area is 178 Å². The number of hydrogen-bond donors (Lipinski definition) is 1. The Hall–Kier alpha value is -2.76. The number of methoxy groups -OCH3 is 1. The summed E-state index contributed by atoms with van der Waals surface area (Å²) in [7, 11) is 1.64. The van der Waals surface area contributed by atoms with Crippen molar-refractivity contribution in [2.75, 3.05) is 50.1 Å². The van der Waals surface area contributed by atoms with Crippen molar-refractivity contribution in [1.82, 2.24) is 9.88 Å². The van der Waals surface area contributed by atoms with Crippen LogP contribution < -0.4 is 15.0 Å². The van der Waals surface area contributed by atoms with Gasteiger partial charge < -0.3 is 19.9 Å². The monoisotopic (exact) mass is 406 g/mol. The minimum Gasteiger partial charge on any atom is -0.481 e. The number of nitrogens with one attached hydrogen (secondary N) is 1. The molecular weight excluding hydrogens is 376 g/mol. The van der Waals surface area contributed by atoms with Crippen LogP contribution in [0.15, 0.2) is 42.6 Å². The minimum atomic E-state index is -0.183. The maximum atomic E-state index is 13.6. The highest BCUT2D eigenvalue weighted by molar-refractivity contribution is 5.84. The Morgan fingerprint density at radius 2 is 2.00 bits per heavy atom. The molecule has 30 heavy (non-hydrogen) atoms. The van der Waals surface area contributed by atoms with Crippen LogP contribution in [0.5, 0.6) is 5.88 Å². The number of benzene rings is 1. The molecule has 0 radical (unpaired) electrons. The van der Waals surface area contributed by atoms with E-state index in [1.807, 2.05) is 12.1 Å². The van der Waals surface area contributed by atoms with Gasteiger partial charge >= 0.3 is 0 Å². The van der Waals surface area contributed by atoms with Gasteiger partial charge in [0.1, 0.15) is 0 Å². The summed E-state index contributed by atoms with van der Waals surface area (Å²) in [6.45, 7) is 4.45. The molecule has 2 saturated heterocycles. The fourth-order valence-electron chi connectivity index (χ4n) is 5.48. The van der Waals surface area contributed by atoms with Gasteiger partial charge in [0.05, 0.1) is 12.5 Å². The van der Waals surface area contributed by atoms with Gasteiger partial charge in [-0.25, -0.2) is 4.98 Å². The molecule has 1 amide bonds. The molecule has 2 aromatic rings. The highest BCUT2D eigenvalue weighted by atomic mass is 16.5. The fourth-order valence-corrected chi connectivity index (χ4v) is 5.48. The van der Waals surface area contributed by atoms with Crippen molar-refractivity contribution < 1.29 is 9.53 Å². The SMILES string of the molecule is COc1cc(N2CCC3(CCCN(CC4CNc5ccccc54)C3=O)CC2)ccn1. The summed E-state index contributed by atoms with van der Waals surface area (Å²) >= 11 is 0. The molecule has 1 aromatic carbocycles. The molecule has 5 rings (SSSR count). The quantitative estimate of drug-likeness (QED) is 0.842. The first-order chi connectivity index (χ1) is 14.7. The Bertz CT molecular complexity index is 923. The third-order valence-corrected chi connectivity index (χ3v) is 7.22. The smallest absolute Gasteiger partial charge is 0.228 e. The van der Waals surface area contributed by atoms with E-state index in [1.165, 1.54) is 11.3 Å². The summed E-state index contributed by atoms with van der Waals surface area (Å²) in [4.78, 5) is 22.3. The van der Waals surface area contributed by atoms with Gasteiger partial charge in [0.15, 0.2) is 0 Å². The molecule has 158 valence electrons. The first kappa shape index (κ1) is 19.2. The Morgan fingerprint density at radius 1 is 1.17 bits per heavy atom. The predicted octanol–water partition coefficient (Wildman–Crippen LogP) is 3.51. The molecule has 1 unspecified atom stereocenters. The zero-order valence-corrected chi connectivity index (χ0v) is 17.6. The van der Waals surface area contributed by atoms with Crippen molar-refractivity contribution >= 4 is 17.3 Å². The number of pyridine rings is 1. The van der Waals surface area contributed by atoms with Crippen LogP contribution >= 0.6 is 0 Å². The minimum absolute atomic E-state index is 0.183. The first-order valence-corrected chi connectivity index (χ1v) is 11.1. The van der Waals surface area contributed by atoms with E-state index in [4.69, 9.17) is 4.74 Å². The normalized spacial score (nSPS) is 22.7. The van der Waals surface area contributed by atoms with Crippen LogP contribution in [0.25, 0.3) is 0 Å². The first-order valence-electron chi connectivity index (χ1n) is 11.1. The summed E-state index contributed by atoms with van der Waals surface area (Å²) in [6, 6.07) is 12.5. The highest BCUT2D eigenvalue weighted by Gasteiger charge is 2.46. The number of amides is 1. The van der Waals surface area contributed by atoms with Gasteiger partial charge in [-0.05, 0) is 43.4 Å². The molecule has 3 aliphatic heterocycles.